The minimum atomic E-state index is -5.84. The van der Waals surface area contributed by atoms with Crippen LogP contribution in [0.25, 0.3) is 0 Å². The lowest BCUT2D eigenvalue weighted by Gasteiger charge is -2.19. The Morgan fingerprint density at radius 2 is 1.61 bits per heavy atom. The lowest BCUT2D eigenvalue weighted by molar-refractivity contribution is -0.0510. The summed E-state index contributed by atoms with van der Waals surface area (Å²) in [6.45, 7) is 0.595. The lowest BCUT2D eigenvalue weighted by atomic mass is 10.2. The molecule has 0 atom stereocenters. The molecule has 0 spiro atoms. The lowest BCUT2D eigenvalue weighted by Crippen LogP contribution is -2.29. The Labute approximate surface area is 159 Å². The number of methoxy groups -OCH3 is 1. The van der Waals surface area contributed by atoms with Gasteiger partial charge in [0.2, 0.25) is 0 Å². The van der Waals surface area contributed by atoms with Crippen LogP contribution in [0.3, 0.4) is 0 Å². The molecule has 0 aliphatic rings. The van der Waals surface area contributed by atoms with Gasteiger partial charge in [-0.25, -0.2) is 10.6 Å². The van der Waals surface area contributed by atoms with E-state index in [4.69, 9.17) is 23.6 Å². The molecule has 154 valence electrons. The van der Waals surface area contributed by atoms with E-state index in [-0.39, 0.29) is 0 Å². The molecule has 12 heteroatoms. The van der Waals surface area contributed by atoms with Crippen molar-refractivity contribution in [3.8, 4) is 5.75 Å². The van der Waals surface area contributed by atoms with Gasteiger partial charge in [0.05, 0.1) is 19.3 Å². The molecule has 2 rings (SSSR count). The van der Waals surface area contributed by atoms with Gasteiger partial charge in [0.1, 0.15) is 5.75 Å². The van der Waals surface area contributed by atoms with Crippen LogP contribution in [0.2, 0.25) is 0 Å². The van der Waals surface area contributed by atoms with E-state index in [0.717, 1.165) is 11.3 Å². The molecule has 0 saturated carbocycles. The average Bonchev–Trinajstić information content (AvgIpc) is 2.62. The quantitative estimate of drug-likeness (QED) is 0.193. The highest BCUT2D eigenvalue weighted by Crippen LogP contribution is 2.21. The third kappa shape index (κ3) is 7.82. The summed E-state index contributed by atoms with van der Waals surface area (Å²) in [5.74, 6) is 6.42. The zero-order valence-corrected chi connectivity index (χ0v) is 15.3. The minimum Gasteiger partial charge on any atom is -0.437 e. The molecule has 0 aliphatic heterocycles. The van der Waals surface area contributed by atoms with Crippen molar-refractivity contribution in [2.24, 2.45) is 5.84 Å². The number of nitrogens with two attached hydrogens (primary N) is 1. The Bertz CT molecular complexity index is 858. The predicted octanol–water partition coefficient (Wildman–Crippen LogP) is 3.11. The molecule has 0 aromatic heterocycles. The molecule has 0 fully saturated rings. The van der Waals surface area contributed by atoms with E-state index in [2.05, 4.69) is 4.74 Å². The van der Waals surface area contributed by atoms with Crippen molar-refractivity contribution in [1.82, 2.24) is 0 Å². The van der Waals surface area contributed by atoms with Crippen LogP contribution >= 0.6 is 0 Å². The number of hydrogen-bond acceptors (Lipinski definition) is 7. The van der Waals surface area contributed by atoms with Crippen molar-refractivity contribution in [3.05, 3.63) is 60.2 Å². The maximum absolute atomic E-state index is 11.0. The van der Waals surface area contributed by atoms with Gasteiger partial charge in [-0.3, -0.25) is 4.55 Å². The van der Waals surface area contributed by atoms with Gasteiger partial charge in [-0.2, -0.15) is 21.6 Å². The summed E-state index contributed by atoms with van der Waals surface area (Å²) in [4.78, 5) is 11.0. The van der Waals surface area contributed by atoms with E-state index in [1.54, 1.807) is 29.3 Å². The topological polar surface area (TPSA) is 119 Å². The smallest absolute Gasteiger partial charge is 0.437 e. The second-order valence-corrected chi connectivity index (χ2v) is 6.50. The van der Waals surface area contributed by atoms with E-state index in [0.29, 0.717) is 12.3 Å². The summed E-state index contributed by atoms with van der Waals surface area (Å²) in [5, 5.41) is 1.62. The van der Waals surface area contributed by atoms with Gasteiger partial charge in [0, 0.05) is 0 Å². The van der Waals surface area contributed by atoms with Crippen LogP contribution in [-0.4, -0.2) is 31.7 Å². The molecular formula is C16H17F3N2O6S. The van der Waals surface area contributed by atoms with Crippen LogP contribution in [-0.2, 0) is 21.4 Å². The van der Waals surface area contributed by atoms with E-state index in [9.17, 15) is 18.0 Å². The van der Waals surface area contributed by atoms with Gasteiger partial charge in [0.25, 0.3) is 0 Å². The molecule has 0 amide bonds. The molecule has 8 nitrogen and oxygen atoms in total. The molecule has 28 heavy (non-hydrogen) atoms. The van der Waals surface area contributed by atoms with Crippen LogP contribution in [0, 0.1) is 0 Å². The van der Waals surface area contributed by atoms with Crippen molar-refractivity contribution in [1.29, 1.82) is 0 Å². The van der Waals surface area contributed by atoms with Gasteiger partial charge >= 0.3 is 21.8 Å². The van der Waals surface area contributed by atoms with E-state index < -0.39 is 21.8 Å². The highest BCUT2D eigenvalue weighted by molar-refractivity contribution is 7.86. The molecule has 3 N–H and O–H groups in total. The Morgan fingerprint density at radius 1 is 1.11 bits per heavy atom. The number of carbonyl (C=O) groups excluding carboxylic acids is 1. The number of rotatable bonds is 4. The first kappa shape index (κ1) is 23.2. The third-order valence-electron chi connectivity index (χ3n) is 3.02. The second kappa shape index (κ2) is 9.92. The fourth-order valence-corrected chi connectivity index (χ4v) is 1.71. The molecule has 2 aromatic carbocycles. The first-order valence-corrected chi connectivity index (χ1v) is 8.84. The number of nitrogens with zero attached hydrogens (tertiary/aromatic N) is 1. The first-order valence-electron chi connectivity index (χ1n) is 7.40. The largest absolute Gasteiger partial charge is 0.522 e. The van der Waals surface area contributed by atoms with Gasteiger partial charge in [0.15, 0.2) is 0 Å². The number of hydrazine groups is 1. The monoisotopic (exact) mass is 422 g/mol. The first-order chi connectivity index (χ1) is 12.9. The fraction of sp³-hybridized carbons (Fsp3) is 0.188. The normalized spacial score (nSPS) is 11.1. The third-order valence-corrected chi connectivity index (χ3v) is 3.61. The Kier molecular flexibility index (Phi) is 8.22. The minimum absolute atomic E-state index is 0.411. The van der Waals surface area contributed by atoms with E-state index in [1.165, 1.54) is 7.11 Å². The highest BCUT2D eigenvalue weighted by Gasteiger charge is 2.44. The van der Waals surface area contributed by atoms with Gasteiger partial charge in [-0.1, -0.05) is 30.3 Å². The summed E-state index contributed by atoms with van der Waals surface area (Å²) < 4.78 is 66.9. The van der Waals surface area contributed by atoms with E-state index >= 15 is 0 Å². The summed E-state index contributed by atoms with van der Waals surface area (Å²) in [7, 11) is -4.58. The molecule has 0 saturated heterocycles. The van der Waals surface area contributed by atoms with Crippen LogP contribution in [0.15, 0.2) is 54.6 Å². The van der Waals surface area contributed by atoms with Crippen molar-refractivity contribution in [3.63, 3.8) is 0 Å². The number of alkyl halides is 3. The molecule has 0 heterocycles. The SMILES string of the molecule is COC(=O)Oc1ccc(N(N)Cc2ccccc2)cc1.O=S(=O)(O)C(F)(F)F. The van der Waals surface area contributed by atoms with Crippen molar-refractivity contribution < 1.29 is 40.4 Å². The molecule has 0 unspecified atom stereocenters. The van der Waals surface area contributed by atoms with Crippen molar-refractivity contribution in [2.45, 2.75) is 12.1 Å². The van der Waals surface area contributed by atoms with Gasteiger partial charge in [-0.15, -0.1) is 0 Å². The molecule has 0 radical (unpaired) electrons. The van der Waals surface area contributed by atoms with Crippen LogP contribution in [0.4, 0.5) is 23.7 Å². The zero-order valence-electron chi connectivity index (χ0n) is 14.5. The molecule has 2 aromatic rings. The highest BCUT2D eigenvalue weighted by atomic mass is 32.2. The number of halogens is 3. The van der Waals surface area contributed by atoms with E-state index in [1.807, 2.05) is 30.3 Å². The van der Waals surface area contributed by atoms with Gasteiger partial charge < -0.3 is 14.5 Å². The number of carbonyl (C=O) groups is 1. The van der Waals surface area contributed by atoms with Crippen LogP contribution in [0.1, 0.15) is 5.56 Å². The zero-order chi connectivity index (χ0) is 21.4. The molecule has 0 aliphatic carbocycles. The summed E-state index contributed by atoms with van der Waals surface area (Å²) in [6, 6.07) is 16.8. The molecular weight excluding hydrogens is 405 g/mol. The van der Waals surface area contributed by atoms with Crippen molar-refractivity contribution in [2.75, 3.05) is 12.1 Å². The van der Waals surface area contributed by atoms with Crippen LogP contribution < -0.4 is 15.6 Å². The predicted molar refractivity (Wildman–Crippen MR) is 93.9 cm³/mol. The van der Waals surface area contributed by atoms with Gasteiger partial charge in [-0.05, 0) is 29.8 Å². The Balaban J connectivity index is 0.000000416. The number of hydrogen-bond donors (Lipinski definition) is 2. The molecule has 0 bridgehead atoms. The Hall–Kier alpha value is -2.83. The Morgan fingerprint density at radius 3 is 2.04 bits per heavy atom. The van der Waals surface area contributed by atoms with Crippen LogP contribution in [0.5, 0.6) is 5.75 Å². The standard InChI is InChI=1S/C15H16N2O3.CHF3O3S/c1-19-15(18)20-14-9-7-13(8-10-14)17(16)11-12-5-3-2-4-6-12;2-1(3,4)8(5,6)7/h2-10H,11,16H2,1H3;(H,5,6,7). The van der Waals surface area contributed by atoms with Crippen molar-refractivity contribution >= 4 is 22.0 Å². The number of ether oxygens (including phenoxy) is 2. The second-order valence-electron chi connectivity index (χ2n) is 5.08. The number of benzene rings is 2. The maximum Gasteiger partial charge on any atom is 0.522 e. The average molecular weight is 422 g/mol. The summed E-state index contributed by atoms with van der Waals surface area (Å²) in [6.07, 6.45) is -0.744. The number of anilines is 1. The maximum atomic E-state index is 11.0. The summed E-state index contributed by atoms with van der Waals surface area (Å²) in [5.41, 5.74) is -3.59. The fourth-order valence-electron chi connectivity index (χ4n) is 1.71. The summed E-state index contributed by atoms with van der Waals surface area (Å²) >= 11 is 0.